The molecule has 0 bridgehead atoms. The summed E-state index contributed by atoms with van der Waals surface area (Å²) in [6.45, 7) is 6.60. The van der Waals surface area contributed by atoms with Gasteiger partial charge >= 0.3 is 0 Å². The highest BCUT2D eigenvalue weighted by Crippen LogP contribution is 2.47. The third-order valence-electron chi connectivity index (χ3n) is 13.7. The summed E-state index contributed by atoms with van der Waals surface area (Å²) in [7, 11) is 0. The van der Waals surface area contributed by atoms with Crippen molar-refractivity contribution >= 4 is 76.0 Å². The van der Waals surface area contributed by atoms with Gasteiger partial charge in [-0.05, 0) is 154 Å². The fourth-order valence-corrected chi connectivity index (χ4v) is 10.5. The second-order valence-corrected chi connectivity index (χ2v) is 17.5. The van der Waals surface area contributed by atoms with Crippen LogP contribution in [0.4, 0.5) is 5.69 Å². The predicted molar refractivity (Wildman–Crippen MR) is 281 cm³/mol. The molecule has 0 amide bonds. The Morgan fingerprint density at radius 2 is 0.862 bits per heavy atom. The van der Waals surface area contributed by atoms with Crippen LogP contribution in [0, 0.1) is 13.8 Å². The monoisotopic (exact) mass is 827 g/mol. The Labute approximate surface area is 379 Å². The van der Waals surface area contributed by atoms with Crippen LogP contribution in [0.3, 0.4) is 0 Å². The van der Waals surface area contributed by atoms with Gasteiger partial charge in [-0.3, -0.25) is 4.99 Å². The molecular formula is C64H45N. The first-order valence-electron chi connectivity index (χ1n) is 22.6. The summed E-state index contributed by atoms with van der Waals surface area (Å²) < 4.78 is 0. The molecule has 12 aromatic carbocycles. The van der Waals surface area contributed by atoms with Gasteiger partial charge in [-0.25, -0.2) is 0 Å². The van der Waals surface area contributed by atoms with Gasteiger partial charge in [0, 0.05) is 16.7 Å². The van der Waals surface area contributed by atoms with Crippen molar-refractivity contribution in [3.05, 3.63) is 235 Å². The topological polar surface area (TPSA) is 12.4 Å². The molecule has 65 heavy (non-hydrogen) atoms. The van der Waals surface area contributed by atoms with Crippen LogP contribution < -0.4 is 0 Å². The maximum Gasteiger partial charge on any atom is 0.0746 e. The first-order chi connectivity index (χ1) is 32.0. The molecule has 1 nitrogen and oxygen atoms in total. The molecule has 0 unspecified atom stereocenters. The van der Waals surface area contributed by atoms with Gasteiger partial charge in [0.1, 0.15) is 0 Å². The van der Waals surface area contributed by atoms with Crippen LogP contribution in [0.5, 0.6) is 0 Å². The quantitative estimate of drug-likeness (QED) is 0.0899. The van der Waals surface area contributed by atoms with Crippen molar-refractivity contribution in [3.63, 3.8) is 0 Å². The maximum atomic E-state index is 5.49. The number of hydrogen-bond donors (Lipinski definition) is 0. The van der Waals surface area contributed by atoms with Crippen LogP contribution in [0.1, 0.15) is 23.6 Å². The Kier molecular flexibility index (Phi) is 9.24. The Morgan fingerprint density at radius 3 is 1.66 bits per heavy atom. The molecule has 0 N–H and O–H groups in total. The Morgan fingerprint density at radius 1 is 0.323 bits per heavy atom. The van der Waals surface area contributed by atoms with Gasteiger partial charge in [0.25, 0.3) is 0 Å². The second kappa shape index (κ2) is 15.6. The van der Waals surface area contributed by atoms with E-state index in [4.69, 9.17) is 4.99 Å². The van der Waals surface area contributed by atoms with Crippen molar-refractivity contribution in [1.82, 2.24) is 0 Å². The van der Waals surface area contributed by atoms with Crippen molar-refractivity contribution < 1.29 is 0 Å². The lowest BCUT2D eigenvalue weighted by Gasteiger charge is -2.20. The SMILES string of the molecule is C/C(=N\c1c(C)c2ccccc2c2ccccc12)c1ccccc1-c1cc(-c2ccc3c(-c4cccc5ccccc45)c4ccccc4c(-c4ccc5ccccc5c4)c3c2)ccc1C. The first kappa shape index (κ1) is 38.5. The normalized spacial score (nSPS) is 12.0. The molecule has 1 heteroatoms. The van der Waals surface area contributed by atoms with Crippen molar-refractivity contribution in [2.75, 3.05) is 0 Å². The van der Waals surface area contributed by atoms with E-state index in [0.29, 0.717) is 0 Å². The number of fused-ring (bicyclic) bond motifs is 7. The molecule has 0 radical (unpaired) electrons. The third-order valence-corrected chi connectivity index (χ3v) is 13.7. The van der Waals surface area contributed by atoms with Crippen LogP contribution in [0.25, 0.3) is 109 Å². The zero-order valence-electron chi connectivity index (χ0n) is 36.7. The van der Waals surface area contributed by atoms with Gasteiger partial charge in [0.2, 0.25) is 0 Å². The van der Waals surface area contributed by atoms with E-state index in [1.165, 1.54) is 120 Å². The summed E-state index contributed by atoms with van der Waals surface area (Å²) >= 11 is 0. The highest BCUT2D eigenvalue weighted by Gasteiger charge is 2.20. The van der Waals surface area contributed by atoms with Gasteiger partial charge in [0.15, 0.2) is 0 Å². The molecule has 0 saturated carbocycles. The van der Waals surface area contributed by atoms with Crippen LogP contribution in [-0.4, -0.2) is 5.71 Å². The molecule has 0 aliphatic rings. The lowest BCUT2D eigenvalue weighted by atomic mass is 9.83. The van der Waals surface area contributed by atoms with Gasteiger partial charge in [0.05, 0.1) is 5.69 Å². The summed E-state index contributed by atoms with van der Waals surface area (Å²) in [5, 5.41) is 14.9. The van der Waals surface area contributed by atoms with Crippen LogP contribution in [0.15, 0.2) is 223 Å². The molecule has 306 valence electrons. The average molecular weight is 828 g/mol. The molecule has 0 aliphatic carbocycles. The number of aryl methyl sites for hydroxylation is 2. The number of nitrogens with zero attached hydrogens (tertiary/aromatic N) is 1. The Balaban J connectivity index is 1.06. The standard InChI is InChI=1S/C64H45N/c1-40-31-32-46(38-60(40)53-25-11-9-22-50(53)42(3)65-64-41(2)49-21-8-10-24-52(49)54-26-12-15-29-59(54)64)47-35-36-58-61(39-47)62(48-34-33-43-17-4-5-19-45(43)37-48)56-27-13-14-28-57(56)63(58)55-30-16-20-44-18-6-7-23-51(44)55/h4-39H,1-3H3/b65-42+. The van der Waals surface area contributed by atoms with Crippen molar-refractivity contribution in [2.45, 2.75) is 20.8 Å². The lowest BCUT2D eigenvalue weighted by molar-refractivity contribution is 1.42. The van der Waals surface area contributed by atoms with Crippen LogP contribution in [0.2, 0.25) is 0 Å². The van der Waals surface area contributed by atoms with E-state index in [1.807, 2.05) is 0 Å². The second-order valence-electron chi connectivity index (χ2n) is 17.5. The zero-order chi connectivity index (χ0) is 43.6. The minimum Gasteiger partial charge on any atom is -0.252 e. The molecule has 0 saturated heterocycles. The molecule has 0 heterocycles. The van der Waals surface area contributed by atoms with Crippen molar-refractivity contribution in [3.8, 4) is 44.5 Å². The largest absolute Gasteiger partial charge is 0.252 e. The molecule has 12 rings (SSSR count). The van der Waals surface area contributed by atoms with Gasteiger partial charge < -0.3 is 0 Å². The van der Waals surface area contributed by atoms with Gasteiger partial charge in [-0.2, -0.15) is 0 Å². The number of benzene rings is 12. The highest BCUT2D eigenvalue weighted by atomic mass is 14.8. The van der Waals surface area contributed by atoms with E-state index in [-0.39, 0.29) is 0 Å². The minimum absolute atomic E-state index is 0.993. The maximum absolute atomic E-state index is 5.49. The van der Waals surface area contributed by atoms with Crippen LogP contribution in [-0.2, 0) is 0 Å². The summed E-state index contributed by atoms with van der Waals surface area (Å²) in [6.07, 6.45) is 0. The molecular weight excluding hydrogens is 783 g/mol. The molecule has 0 fully saturated rings. The van der Waals surface area contributed by atoms with Gasteiger partial charge in [-0.1, -0.05) is 200 Å². The number of rotatable bonds is 6. The summed E-state index contributed by atoms with van der Waals surface area (Å²) in [5.41, 5.74) is 15.3. The third kappa shape index (κ3) is 6.42. The van der Waals surface area contributed by atoms with E-state index in [1.54, 1.807) is 0 Å². The molecule has 0 atom stereocenters. The zero-order valence-corrected chi connectivity index (χ0v) is 36.7. The lowest BCUT2D eigenvalue weighted by Crippen LogP contribution is -1.99. The summed E-state index contributed by atoms with van der Waals surface area (Å²) in [4.78, 5) is 5.49. The summed E-state index contributed by atoms with van der Waals surface area (Å²) in [6, 6.07) is 80.4. The molecule has 0 aromatic heterocycles. The predicted octanol–water partition coefficient (Wildman–Crippen LogP) is 18.0. The van der Waals surface area contributed by atoms with E-state index >= 15 is 0 Å². The van der Waals surface area contributed by atoms with E-state index in [2.05, 4.69) is 239 Å². The smallest absolute Gasteiger partial charge is 0.0746 e. The number of aliphatic imine (C=N–C) groups is 1. The minimum atomic E-state index is 0.993. The highest BCUT2D eigenvalue weighted by molar-refractivity contribution is 6.24. The first-order valence-corrected chi connectivity index (χ1v) is 22.6. The van der Waals surface area contributed by atoms with E-state index < -0.39 is 0 Å². The molecule has 0 aliphatic heterocycles. The van der Waals surface area contributed by atoms with E-state index in [0.717, 1.165) is 17.0 Å². The molecule has 0 spiro atoms. The summed E-state index contributed by atoms with van der Waals surface area (Å²) in [5.74, 6) is 0. The average Bonchev–Trinajstić information content (AvgIpc) is 3.36. The van der Waals surface area contributed by atoms with Crippen molar-refractivity contribution in [1.29, 1.82) is 0 Å². The molecule has 12 aromatic rings. The Bertz CT molecular complexity index is 3920. The van der Waals surface area contributed by atoms with Crippen molar-refractivity contribution in [2.24, 2.45) is 4.99 Å². The number of hydrogen-bond acceptors (Lipinski definition) is 1. The fourth-order valence-electron chi connectivity index (χ4n) is 10.5. The van der Waals surface area contributed by atoms with Gasteiger partial charge in [-0.15, -0.1) is 0 Å². The Hall–Kier alpha value is -8.13. The fraction of sp³-hybridized carbons (Fsp3) is 0.0469. The van der Waals surface area contributed by atoms with E-state index in [9.17, 15) is 0 Å². The van der Waals surface area contributed by atoms with Crippen LogP contribution >= 0.6 is 0 Å².